The molecule has 0 saturated heterocycles. The van der Waals surface area contributed by atoms with E-state index in [1.807, 2.05) is 0 Å². The SMILES string of the molecule is C=CCCC(O)(CC=C)C(F)C(F)(F)C(F)(F)C(F)(F)C(F)(F)C(F)F. The Bertz CT molecular complexity index is 503. The Kier molecular flexibility index (Phi) is 7.33. The van der Waals surface area contributed by atoms with E-state index < -0.39 is 61.2 Å². The lowest BCUT2D eigenvalue weighted by Crippen LogP contribution is -2.69. The van der Waals surface area contributed by atoms with Crippen molar-refractivity contribution >= 4 is 0 Å². The molecule has 0 spiro atoms. The maximum absolute atomic E-state index is 14.0. The van der Waals surface area contributed by atoms with Crippen LogP contribution < -0.4 is 0 Å². The summed E-state index contributed by atoms with van der Waals surface area (Å²) < 4.78 is 144. The van der Waals surface area contributed by atoms with Gasteiger partial charge in [-0.3, -0.25) is 0 Å². The fourth-order valence-corrected chi connectivity index (χ4v) is 1.99. The van der Waals surface area contributed by atoms with Crippen molar-refractivity contribution < 1.29 is 53.4 Å². The highest BCUT2D eigenvalue weighted by Crippen LogP contribution is 2.57. The molecule has 0 fully saturated rings. The Morgan fingerprint density at radius 1 is 0.769 bits per heavy atom. The van der Waals surface area contributed by atoms with E-state index >= 15 is 0 Å². The van der Waals surface area contributed by atoms with Gasteiger partial charge >= 0.3 is 30.1 Å². The van der Waals surface area contributed by atoms with Crippen LogP contribution in [-0.4, -0.2) is 47.0 Å². The van der Waals surface area contributed by atoms with E-state index in [0.717, 1.165) is 6.08 Å². The van der Waals surface area contributed by atoms with E-state index in [0.29, 0.717) is 6.08 Å². The number of allylic oxidation sites excluding steroid dienone is 1. The molecule has 0 heterocycles. The second-order valence-corrected chi connectivity index (χ2v) is 5.48. The summed E-state index contributed by atoms with van der Waals surface area (Å²) in [6, 6.07) is 0. The lowest BCUT2D eigenvalue weighted by molar-refractivity contribution is -0.397. The van der Waals surface area contributed by atoms with Gasteiger partial charge in [0.05, 0.1) is 0 Å². The lowest BCUT2D eigenvalue weighted by Gasteiger charge is -2.41. The normalized spacial score (nSPS) is 17.7. The highest BCUT2D eigenvalue weighted by molar-refractivity contribution is 5.11. The molecule has 1 nitrogen and oxygen atoms in total. The Morgan fingerprint density at radius 2 is 1.19 bits per heavy atom. The van der Waals surface area contributed by atoms with Crippen molar-refractivity contribution in [2.24, 2.45) is 0 Å². The van der Waals surface area contributed by atoms with Crippen molar-refractivity contribution in [1.29, 1.82) is 0 Å². The molecule has 0 aromatic rings. The molecule has 0 bridgehead atoms. The molecule has 0 aliphatic rings. The molecular weight excluding hydrogens is 393 g/mol. The first-order valence-electron chi connectivity index (χ1n) is 6.85. The average Bonchev–Trinajstić information content (AvgIpc) is 2.51. The average molecular weight is 408 g/mol. The van der Waals surface area contributed by atoms with E-state index in [2.05, 4.69) is 13.2 Å². The Hall–Kier alpha value is -1.33. The number of hydrogen-bond acceptors (Lipinski definition) is 1. The Labute approximate surface area is 141 Å². The van der Waals surface area contributed by atoms with Crippen LogP contribution in [0.2, 0.25) is 0 Å². The van der Waals surface area contributed by atoms with E-state index in [4.69, 9.17) is 0 Å². The number of alkyl halides is 11. The highest BCUT2D eigenvalue weighted by Gasteiger charge is 2.85. The summed E-state index contributed by atoms with van der Waals surface area (Å²) in [6.07, 6.45) is -11.0. The van der Waals surface area contributed by atoms with Crippen LogP contribution in [-0.2, 0) is 0 Å². The molecule has 0 amide bonds. The molecule has 2 atom stereocenters. The van der Waals surface area contributed by atoms with Crippen LogP contribution in [0.3, 0.4) is 0 Å². The molecule has 26 heavy (non-hydrogen) atoms. The van der Waals surface area contributed by atoms with E-state index in [9.17, 15) is 53.4 Å². The third-order valence-electron chi connectivity index (χ3n) is 3.57. The minimum atomic E-state index is -7.32. The van der Waals surface area contributed by atoms with Crippen LogP contribution in [0, 0.1) is 0 Å². The van der Waals surface area contributed by atoms with E-state index in [1.165, 1.54) is 0 Å². The van der Waals surface area contributed by atoms with Crippen LogP contribution in [0.15, 0.2) is 25.3 Å². The van der Waals surface area contributed by atoms with Crippen LogP contribution in [0.25, 0.3) is 0 Å². The van der Waals surface area contributed by atoms with Gasteiger partial charge in [-0.25, -0.2) is 13.2 Å². The third-order valence-corrected chi connectivity index (χ3v) is 3.57. The summed E-state index contributed by atoms with van der Waals surface area (Å²) >= 11 is 0. The van der Waals surface area contributed by atoms with Crippen LogP contribution in [0.4, 0.5) is 48.3 Å². The molecular formula is C14H15F11O. The molecule has 1 N–H and O–H groups in total. The van der Waals surface area contributed by atoms with Crippen molar-refractivity contribution in [2.75, 3.05) is 0 Å². The van der Waals surface area contributed by atoms with Crippen molar-refractivity contribution in [1.82, 2.24) is 0 Å². The zero-order valence-electron chi connectivity index (χ0n) is 12.9. The predicted molar refractivity (Wildman–Crippen MR) is 69.9 cm³/mol. The molecule has 2 unspecified atom stereocenters. The van der Waals surface area contributed by atoms with E-state index in [1.54, 1.807) is 0 Å². The topological polar surface area (TPSA) is 20.2 Å². The summed E-state index contributed by atoms with van der Waals surface area (Å²) in [5.74, 6) is -28.1. The lowest BCUT2D eigenvalue weighted by atomic mass is 9.82. The smallest absolute Gasteiger partial charge is 0.384 e. The predicted octanol–water partition coefficient (Wildman–Crippen LogP) is 5.40. The number of hydrogen-bond donors (Lipinski definition) is 1. The fourth-order valence-electron chi connectivity index (χ4n) is 1.99. The van der Waals surface area contributed by atoms with Gasteiger partial charge in [0.2, 0.25) is 0 Å². The van der Waals surface area contributed by atoms with Gasteiger partial charge in [0.15, 0.2) is 6.17 Å². The maximum atomic E-state index is 14.0. The summed E-state index contributed by atoms with van der Waals surface area (Å²) in [7, 11) is 0. The van der Waals surface area contributed by atoms with E-state index in [-0.39, 0.29) is 0 Å². The summed E-state index contributed by atoms with van der Waals surface area (Å²) in [4.78, 5) is 0. The number of rotatable bonds is 11. The standard InChI is InChI=1S/C14H15F11O/c1-3-5-7-10(26,6-4-2)8(15)11(18,19)13(22,23)14(24,25)12(20,21)9(16)17/h3-4,8-9,26H,1-2,5-7H2. The van der Waals surface area contributed by atoms with Gasteiger partial charge in [-0.2, -0.15) is 35.1 Å². The third kappa shape index (κ3) is 3.84. The second kappa shape index (κ2) is 7.73. The summed E-state index contributed by atoms with van der Waals surface area (Å²) in [5.41, 5.74) is -3.42. The molecule has 0 radical (unpaired) electrons. The van der Waals surface area contributed by atoms with Crippen LogP contribution in [0.1, 0.15) is 19.3 Å². The second-order valence-electron chi connectivity index (χ2n) is 5.48. The largest absolute Gasteiger partial charge is 0.386 e. The van der Waals surface area contributed by atoms with Gasteiger partial charge in [-0.1, -0.05) is 12.2 Å². The molecule has 0 rings (SSSR count). The number of halogens is 11. The van der Waals surface area contributed by atoms with Crippen molar-refractivity contribution in [2.45, 2.75) is 61.2 Å². The molecule has 0 aliphatic heterocycles. The van der Waals surface area contributed by atoms with Crippen molar-refractivity contribution in [3.63, 3.8) is 0 Å². The van der Waals surface area contributed by atoms with Crippen molar-refractivity contribution in [3.05, 3.63) is 25.3 Å². The van der Waals surface area contributed by atoms with Crippen molar-refractivity contribution in [3.8, 4) is 0 Å². The van der Waals surface area contributed by atoms with Gasteiger partial charge in [0.25, 0.3) is 0 Å². The number of aliphatic hydroxyl groups is 1. The summed E-state index contributed by atoms with van der Waals surface area (Å²) in [6.45, 7) is 6.03. The minimum Gasteiger partial charge on any atom is -0.386 e. The first-order chi connectivity index (χ1) is 11.5. The Balaban J connectivity index is 6.16. The maximum Gasteiger partial charge on any atom is 0.384 e. The first-order valence-corrected chi connectivity index (χ1v) is 6.85. The highest BCUT2D eigenvalue weighted by atomic mass is 19.4. The fraction of sp³-hybridized carbons (Fsp3) is 0.714. The van der Waals surface area contributed by atoms with Gasteiger partial charge in [0, 0.05) is 0 Å². The molecule has 0 aliphatic carbocycles. The molecule has 0 aromatic carbocycles. The minimum absolute atomic E-state index is 0.448. The quantitative estimate of drug-likeness (QED) is 0.358. The molecule has 12 heteroatoms. The van der Waals surface area contributed by atoms with Gasteiger partial charge < -0.3 is 5.11 Å². The summed E-state index contributed by atoms with van der Waals surface area (Å²) in [5, 5.41) is 9.80. The van der Waals surface area contributed by atoms with Gasteiger partial charge in [0.1, 0.15) is 5.60 Å². The molecule has 0 saturated carbocycles. The van der Waals surface area contributed by atoms with Gasteiger partial charge in [-0.15, -0.1) is 13.2 Å². The van der Waals surface area contributed by atoms with Gasteiger partial charge in [-0.05, 0) is 19.3 Å². The van der Waals surface area contributed by atoms with Crippen LogP contribution >= 0.6 is 0 Å². The zero-order valence-corrected chi connectivity index (χ0v) is 12.9. The molecule has 0 aromatic heterocycles. The zero-order chi connectivity index (χ0) is 21.2. The Morgan fingerprint density at radius 3 is 1.54 bits per heavy atom. The molecule has 154 valence electrons. The first kappa shape index (κ1) is 24.7. The van der Waals surface area contributed by atoms with Crippen LogP contribution in [0.5, 0.6) is 0 Å². The monoisotopic (exact) mass is 408 g/mol.